The summed E-state index contributed by atoms with van der Waals surface area (Å²) in [5.74, 6) is 0.955. The summed E-state index contributed by atoms with van der Waals surface area (Å²) >= 11 is 0. The van der Waals surface area contributed by atoms with E-state index in [0.29, 0.717) is 11.6 Å². The van der Waals surface area contributed by atoms with Crippen molar-refractivity contribution < 1.29 is 13.2 Å². The van der Waals surface area contributed by atoms with Gasteiger partial charge in [0.25, 0.3) is 10.0 Å². The number of sulfonamides is 1. The van der Waals surface area contributed by atoms with Gasteiger partial charge < -0.3 is 9.64 Å². The smallest absolute Gasteiger partial charge is 0.263 e. The predicted molar refractivity (Wildman–Crippen MR) is 103 cm³/mol. The zero-order valence-corrected chi connectivity index (χ0v) is 16.0. The molecule has 0 spiro atoms. The fourth-order valence-corrected chi connectivity index (χ4v) is 3.96. The molecule has 0 amide bonds. The van der Waals surface area contributed by atoms with Gasteiger partial charge in [0, 0.05) is 13.1 Å². The Morgan fingerprint density at radius 1 is 1.04 bits per heavy atom. The number of nitrogens with one attached hydrogen (secondary N) is 1. The van der Waals surface area contributed by atoms with Gasteiger partial charge in [0.1, 0.15) is 11.6 Å². The summed E-state index contributed by atoms with van der Waals surface area (Å²) in [6.45, 7) is 5.89. The number of rotatable bonds is 6. The molecule has 2 aromatic rings. The predicted octanol–water partition coefficient (Wildman–Crippen LogP) is 3.66. The summed E-state index contributed by atoms with van der Waals surface area (Å²) in [5, 5.41) is 0. The highest BCUT2D eigenvalue weighted by molar-refractivity contribution is 7.92. The highest BCUT2D eigenvalue weighted by atomic mass is 32.2. The Labute approximate surface area is 155 Å². The van der Waals surface area contributed by atoms with Crippen LogP contribution in [-0.2, 0) is 10.0 Å². The van der Waals surface area contributed by atoms with Crippen LogP contribution in [0.2, 0.25) is 0 Å². The number of aromatic nitrogens is 1. The lowest BCUT2D eigenvalue weighted by molar-refractivity contribution is 0.242. The average Bonchev–Trinajstić information content (AvgIpc) is 2.63. The molecule has 0 bridgehead atoms. The Hall–Kier alpha value is -2.28. The summed E-state index contributed by atoms with van der Waals surface area (Å²) in [6, 6.07) is 9.99. The zero-order chi connectivity index (χ0) is 18.6. The molecule has 7 heteroatoms. The van der Waals surface area contributed by atoms with Gasteiger partial charge in [-0.05, 0) is 69.5 Å². The van der Waals surface area contributed by atoms with E-state index < -0.39 is 10.0 Å². The molecule has 1 fully saturated rings. The second-order valence-corrected chi connectivity index (χ2v) is 8.38. The van der Waals surface area contributed by atoms with Crippen LogP contribution in [0.5, 0.6) is 5.75 Å². The maximum Gasteiger partial charge on any atom is 0.263 e. The number of piperidine rings is 1. The first-order chi connectivity index (χ1) is 12.4. The van der Waals surface area contributed by atoms with E-state index in [1.165, 1.54) is 31.4 Å². The van der Waals surface area contributed by atoms with E-state index in [0.717, 1.165) is 18.8 Å². The molecule has 0 atom stereocenters. The van der Waals surface area contributed by atoms with E-state index in [2.05, 4.69) is 14.6 Å². The fourth-order valence-electron chi connectivity index (χ4n) is 2.95. The molecule has 1 N–H and O–H groups in total. The van der Waals surface area contributed by atoms with Crippen molar-refractivity contribution in [3.05, 3.63) is 42.6 Å². The minimum atomic E-state index is -3.68. The van der Waals surface area contributed by atoms with Gasteiger partial charge in [-0.15, -0.1) is 0 Å². The Morgan fingerprint density at radius 2 is 1.73 bits per heavy atom. The van der Waals surface area contributed by atoms with E-state index in [-0.39, 0.29) is 11.0 Å². The molecule has 1 aliphatic heterocycles. The van der Waals surface area contributed by atoms with Crippen LogP contribution in [0.4, 0.5) is 11.5 Å². The van der Waals surface area contributed by atoms with Gasteiger partial charge in [-0.25, -0.2) is 13.4 Å². The van der Waals surface area contributed by atoms with E-state index in [9.17, 15) is 8.42 Å². The Kier molecular flexibility index (Phi) is 5.66. The molecule has 0 radical (unpaired) electrons. The Morgan fingerprint density at radius 3 is 2.31 bits per heavy atom. The normalized spacial score (nSPS) is 15.1. The molecule has 1 aromatic carbocycles. The third-order valence-corrected chi connectivity index (χ3v) is 5.58. The molecule has 140 valence electrons. The first-order valence-corrected chi connectivity index (χ1v) is 10.4. The van der Waals surface area contributed by atoms with Crippen LogP contribution < -0.4 is 14.4 Å². The number of nitrogens with zero attached hydrogens (tertiary/aromatic N) is 2. The van der Waals surface area contributed by atoms with Gasteiger partial charge in [-0.1, -0.05) is 0 Å². The van der Waals surface area contributed by atoms with Crippen molar-refractivity contribution in [1.82, 2.24) is 4.98 Å². The molecule has 1 aliphatic rings. The number of pyridine rings is 1. The third kappa shape index (κ3) is 4.66. The van der Waals surface area contributed by atoms with Crippen molar-refractivity contribution >= 4 is 21.5 Å². The lowest BCUT2D eigenvalue weighted by atomic mass is 10.1. The molecule has 1 saturated heterocycles. The molecule has 26 heavy (non-hydrogen) atoms. The van der Waals surface area contributed by atoms with Gasteiger partial charge >= 0.3 is 0 Å². The summed E-state index contributed by atoms with van der Waals surface area (Å²) in [5.41, 5.74) is 1.03. The number of hydrogen-bond acceptors (Lipinski definition) is 5. The zero-order valence-electron chi connectivity index (χ0n) is 15.2. The van der Waals surface area contributed by atoms with Crippen molar-refractivity contribution in [2.75, 3.05) is 22.7 Å². The van der Waals surface area contributed by atoms with Crippen LogP contribution in [0.25, 0.3) is 0 Å². The highest BCUT2D eigenvalue weighted by Crippen LogP contribution is 2.22. The number of ether oxygens (including phenoxy) is 1. The second-order valence-electron chi connectivity index (χ2n) is 6.69. The summed E-state index contributed by atoms with van der Waals surface area (Å²) in [7, 11) is -3.68. The second kappa shape index (κ2) is 7.95. The monoisotopic (exact) mass is 375 g/mol. The molecule has 6 nitrogen and oxygen atoms in total. The molecule has 2 heterocycles. The maximum atomic E-state index is 12.5. The highest BCUT2D eigenvalue weighted by Gasteiger charge is 2.16. The lowest BCUT2D eigenvalue weighted by Crippen LogP contribution is -2.29. The molecule has 0 unspecified atom stereocenters. The minimum Gasteiger partial charge on any atom is -0.491 e. The summed E-state index contributed by atoms with van der Waals surface area (Å²) in [6.07, 6.45) is 5.40. The summed E-state index contributed by atoms with van der Waals surface area (Å²) < 4.78 is 33.1. The minimum absolute atomic E-state index is 0.0400. The Bertz CT molecular complexity index is 812. The van der Waals surface area contributed by atoms with Crippen molar-refractivity contribution in [2.24, 2.45) is 0 Å². The first kappa shape index (κ1) is 18.5. The van der Waals surface area contributed by atoms with Crippen LogP contribution in [0.3, 0.4) is 0 Å². The van der Waals surface area contributed by atoms with E-state index >= 15 is 0 Å². The van der Waals surface area contributed by atoms with Gasteiger partial charge in [0.05, 0.1) is 22.9 Å². The van der Waals surface area contributed by atoms with Crippen LogP contribution >= 0.6 is 0 Å². The SMILES string of the molecule is CC(C)Oc1ccc(S(=O)(=O)Nc2ccc(N3CCCCC3)cn2)cc1. The van der Waals surface area contributed by atoms with Crippen molar-refractivity contribution in [3.63, 3.8) is 0 Å². The number of anilines is 2. The molecule has 1 aromatic heterocycles. The van der Waals surface area contributed by atoms with Crippen molar-refractivity contribution in [2.45, 2.75) is 44.1 Å². The maximum absolute atomic E-state index is 12.5. The average molecular weight is 375 g/mol. The number of benzene rings is 1. The van der Waals surface area contributed by atoms with Crippen LogP contribution in [0.15, 0.2) is 47.5 Å². The first-order valence-electron chi connectivity index (χ1n) is 8.94. The molecule has 0 saturated carbocycles. The van der Waals surface area contributed by atoms with E-state index in [1.807, 2.05) is 19.9 Å². The van der Waals surface area contributed by atoms with Crippen LogP contribution in [0.1, 0.15) is 33.1 Å². The molecule has 0 aliphatic carbocycles. The van der Waals surface area contributed by atoms with Crippen molar-refractivity contribution in [1.29, 1.82) is 0 Å². The van der Waals surface area contributed by atoms with Crippen LogP contribution in [-0.4, -0.2) is 32.6 Å². The van der Waals surface area contributed by atoms with E-state index in [4.69, 9.17) is 4.74 Å². The van der Waals surface area contributed by atoms with Crippen molar-refractivity contribution in [3.8, 4) is 5.75 Å². The largest absolute Gasteiger partial charge is 0.491 e. The van der Waals surface area contributed by atoms with Gasteiger partial charge in [0.2, 0.25) is 0 Å². The molecule has 3 rings (SSSR count). The van der Waals surface area contributed by atoms with E-state index in [1.54, 1.807) is 24.4 Å². The van der Waals surface area contributed by atoms with Crippen LogP contribution in [0, 0.1) is 0 Å². The molecular formula is C19H25N3O3S. The van der Waals surface area contributed by atoms with Gasteiger partial charge in [0.15, 0.2) is 0 Å². The lowest BCUT2D eigenvalue weighted by Gasteiger charge is -2.28. The topological polar surface area (TPSA) is 71.5 Å². The quantitative estimate of drug-likeness (QED) is 0.834. The van der Waals surface area contributed by atoms with Gasteiger partial charge in [-0.2, -0.15) is 0 Å². The number of hydrogen-bond donors (Lipinski definition) is 1. The fraction of sp³-hybridized carbons (Fsp3) is 0.421. The Balaban J connectivity index is 1.68. The van der Waals surface area contributed by atoms with Gasteiger partial charge in [-0.3, -0.25) is 4.72 Å². The third-order valence-electron chi connectivity index (χ3n) is 4.21. The molecular weight excluding hydrogens is 350 g/mol. The standard InChI is InChI=1S/C19H25N3O3S/c1-15(2)25-17-7-9-18(10-8-17)26(23,24)21-19-11-6-16(14-20-19)22-12-4-3-5-13-22/h6-11,14-15H,3-5,12-13H2,1-2H3,(H,20,21). The summed E-state index contributed by atoms with van der Waals surface area (Å²) in [4.78, 5) is 6.72.